The molecule has 2 heterocycles. The average Bonchev–Trinajstić information content (AvgIpc) is 2.93. The minimum absolute atomic E-state index is 1.07. The smallest absolute Gasteiger partial charge is 0.124 e. The van der Waals surface area contributed by atoms with Crippen molar-refractivity contribution in [2.75, 3.05) is 0 Å². The molecule has 96 valence electrons. The fourth-order valence-corrected chi connectivity index (χ4v) is 3.48. The maximum absolute atomic E-state index is 4.78. The first-order chi connectivity index (χ1) is 9.83. The summed E-state index contributed by atoms with van der Waals surface area (Å²) in [6.45, 7) is 2.13. The number of aryl methyl sites for hydroxylation is 1. The zero-order valence-electron chi connectivity index (χ0n) is 11.1. The third kappa shape index (κ3) is 1.73. The number of pyridine rings is 1. The van der Waals surface area contributed by atoms with E-state index in [2.05, 4.69) is 66.9 Å². The van der Waals surface area contributed by atoms with Gasteiger partial charge in [0.2, 0.25) is 0 Å². The highest BCUT2D eigenvalue weighted by atomic mass is 32.1. The molecule has 0 radical (unpaired) electrons. The Labute approximate surface area is 121 Å². The van der Waals surface area contributed by atoms with Crippen molar-refractivity contribution in [3.05, 3.63) is 65.5 Å². The van der Waals surface area contributed by atoms with Gasteiger partial charge in [0.25, 0.3) is 0 Å². The summed E-state index contributed by atoms with van der Waals surface area (Å²) in [6, 6.07) is 19.3. The van der Waals surface area contributed by atoms with Crippen LogP contribution in [0.4, 0.5) is 0 Å². The fourth-order valence-electron chi connectivity index (χ4n) is 2.70. The van der Waals surface area contributed by atoms with E-state index in [9.17, 15) is 0 Å². The van der Waals surface area contributed by atoms with Gasteiger partial charge in [-0.25, -0.2) is 4.98 Å². The minimum atomic E-state index is 1.07. The Bertz CT molecular complexity index is 907. The van der Waals surface area contributed by atoms with Gasteiger partial charge in [0.1, 0.15) is 4.83 Å². The molecule has 0 atom stereocenters. The molecule has 2 heteroatoms. The maximum Gasteiger partial charge on any atom is 0.124 e. The lowest BCUT2D eigenvalue weighted by molar-refractivity contribution is 1.47. The number of rotatable bonds is 1. The summed E-state index contributed by atoms with van der Waals surface area (Å²) in [6.07, 6.45) is 0. The average molecular weight is 275 g/mol. The molecule has 4 rings (SSSR count). The molecule has 0 fully saturated rings. The number of hydrogen-bond acceptors (Lipinski definition) is 2. The Morgan fingerprint density at radius 2 is 1.75 bits per heavy atom. The molecule has 0 amide bonds. The van der Waals surface area contributed by atoms with Crippen molar-refractivity contribution in [3.63, 3.8) is 0 Å². The van der Waals surface area contributed by atoms with Crippen molar-refractivity contribution < 1.29 is 0 Å². The predicted molar refractivity (Wildman–Crippen MR) is 87.3 cm³/mol. The molecule has 20 heavy (non-hydrogen) atoms. The van der Waals surface area contributed by atoms with Crippen LogP contribution >= 0.6 is 11.3 Å². The molecule has 0 aliphatic heterocycles. The molecule has 0 aliphatic rings. The van der Waals surface area contributed by atoms with Crippen LogP contribution in [0, 0.1) is 6.92 Å². The molecular formula is C18H13NS. The second kappa shape index (κ2) is 4.43. The first kappa shape index (κ1) is 11.6. The standard InChI is InChI=1S/C18H13NS/c1-12-7-8-16-15(11-12)17(13-5-3-2-4-6-13)14-9-10-20-18(14)19-16/h2-11H,1H3. The van der Waals surface area contributed by atoms with Crippen LogP contribution in [0.5, 0.6) is 0 Å². The van der Waals surface area contributed by atoms with Gasteiger partial charge in [-0.3, -0.25) is 0 Å². The third-order valence-corrected chi connectivity index (χ3v) is 4.43. The maximum atomic E-state index is 4.78. The number of nitrogens with zero attached hydrogens (tertiary/aromatic N) is 1. The van der Waals surface area contributed by atoms with Crippen LogP contribution in [0.2, 0.25) is 0 Å². The Balaban J connectivity index is 2.23. The van der Waals surface area contributed by atoms with E-state index in [-0.39, 0.29) is 0 Å². The highest BCUT2D eigenvalue weighted by molar-refractivity contribution is 7.16. The third-order valence-electron chi connectivity index (χ3n) is 3.62. The van der Waals surface area contributed by atoms with Gasteiger partial charge in [-0.15, -0.1) is 11.3 Å². The van der Waals surface area contributed by atoms with E-state index in [1.165, 1.54) is 27.5 Å². The lowest BCUT2D eigenvalue weighted by Gasteiger charge is -2.09. The van der Waals surface area contributed by atoms with E-state index in [4.69, 9.17) is 4.98 Å². The van der Waals surface area contributed by atoms with E-state index in [1.54, 1.807) is 11.3 Å². The van der Waals surface area contributed by atoms with Crippen molar-refractivity contribution in [1.82, 2.24) is 4.98 Å². The van der Waals surface area contributed by atoms with Gasteiger partial charge >= 0.3 is 0 Å². The second-order valence-corrected chi connectivity index (χ2v) is 5.91. The van der Waals surface area contributed by atoms with E-state index < -0.39 is 0 Å². The highest BCUT2D eigenvalue weighted by Crippen LogP contribution is 2.36. The number of aromatic nitrogens is 1. The van der Waals surface area contributed by atoms with Crippen LogP contribution in [-0.4, -0.2) is 4.98 Å². The van der Waals surface area contributed by atoms with E-state index >= 15 is 0 Å². The van der Waals surface area contributed by atoms with E-state index in [1.807, 2.05) is 0 Å². The lowest BCUT2D eigenvalue weighted by atomic mass is 9.97. The number of thiophene rings is 1. The number of fused-ring (bicyclic) bond motifs is 2. The predicted octanol–water partition coefficient (Wildman–Crippen LogP) is 5.42. The van der Waals surface area contributed by atoms with Crippen LogP contribution in [-0.2, 0) is 0 Å². The molecule has 0 saturated carbocycles. The van der Waals surface area contributed by atoms with Crippen LogP contribution < -0.4 is 0 Å². The largest absolute Gasteiger partial charge is 0.237 e. The van der Waals surface area contributed by atoms with Crippen molar-refractivity contribution in [2.45, 2.75) is 6.92 Å². The van der Waals surface area contributed by atoms with Gasteiger partial charge in [-0.2, -0.15) is 0 Å². The van der Waals surface area contributed by atoms with Gasteiger partial charge < -0.3 is 0 Å². The summed E-state index contributed by atoms with van der Waals surface area (Å²) in [5, 5.41) is 4.61. The Morgan fingerprint density at radius 1 is 0.900 bits per heavy atom. The number of hydrogen-bond donors (Lipinski definition) is 0. The SMILES string of the molecule is Cc1ccc2nc3sccc3c(-c3ccccc3)c2c1. The van der Waals surface area contributed by atoms with E-state index in [0.29, 0.717) is 0 Å². The number of benzene rings is 2. The second-order valence-electron chi connectivity index (χ2n) is 5.01. The first-order valence-electron chi connectivity index (χ1n) is 6.66. The molecule has 0 unspecified atom stereocenters. The molecule has 0 N–H and O–H groups in total. The summed E-state index contributed by atoms with van der Waals surface area (Å²) in [7, 11) is 0. The van der Waals surface area contributed by atoms with Gasteiger partial charge in [0.05, 0.1) is 5.52 Å². The van der Waals surface area contributed by atoms with Gasteiger partial charge in [0, 0.05) is 16.3 Å². The molecule has 1 nitrogen and oxygen atoms in total. The molecule has 4 aromatic rings. The molecule has 0 spiro atoms. The van der Waals surface area contributed by atoms with Crippen LogP contribution in [0.3, 0.4) is 0 Å². The molecule has 0 bridgehead atoms. The lowest BCUT2D eigenvalue weighted by Crippen LogP contribution is -1.87. The fraction of sp³-hybridized carbons (Fsp3) is 0.0556. The van der Waals surface area contributed by atoms with Gasteiger partial charge in [-0.05, 0) is 36.1 Å². The molecular weight excluding hydrogens is 262 g/mol. The normalized spacial score (nSPS) is 11.2. The highest BCUT2D eigenvalue weighted by Gasteiger charge is 2.11. The van der Waals surface area contributed by atoms with Gasteiger partial charge in [-0.1, -0.05) is 42.0 Å². The van der Waals surface area contributed by atoms with Crippen LogP contribution in [0.25, 0.3) is 32.2 Å². The molecule has 2 aromatic heterocycles. The van der Waals surface area contributed by atoms with Gasteiger partial charge in [0.15, 0.2) is 0 Å². The van der Waals surface area contributed by atoms with Crippen molar-refractivity contribution in [3.8, 4) is 11.1 Å². The Kier molecular flexibility index (Phi) is 2.57. The van der Waals surface area contributed by atoms with Crippen molar-refractivity contribution >= 4 is 32.5 Å². The van der Waals surface area contributed by atoms with E-state index in [0.717, 1.165) is 10.3 Å². The summed E-state index contributed by atoms with van der Waals surface area (Å²) in [5.41, 5.74) is 4.90. The molecule has 0 saturated heterocycles. The quantitative estimate of drug-likeness (QED) is 0.451. The molecule has 2 aromatic carbocycles. The Morgan fingerprint density at radius 3 is 2.60 bits per heavy atom. The summed E-state index contributed by atoms with van der Waals surface area (Å²) in [5.74, 6) is 0. The van der Waals surface area contributed by atoms with Crippen LogP contribution in [0.1, 0.15) is 5.56 Å². The van der Waals surface area contributed by atoms with Crippen LogP contribution in [0.15, 0.2) is 60.0 Å². The summed E-state index contributed by atoms with van der Waals surface area (Å²) in [4.78, 5) is 5.89. The Hall–Kier alpha value is -2.19. The monoisotopic (exact) mass is 275 g/mol. The first-order valence-corrected chi connectivity index (χ1v) is 7.54. The summed E-state index contributed by atoms with van der Waals surface area (Å²) >= 11 is 1.70. The zero-order chi connectivity index (χ0) is 13.5. The zero-order valence-corrected chi connectivity index (χ0v) is 11.9. The summed E-state index contributed by atoms with van der Waals surface area (Å²) < 4.78 is 0. The van der Waals surface area contributed by atoms with Crippen molar-refractivity contribution in [1.29, 1.82) is 0 Å². The van der Waals surface area contributed by atoms with Crippen molar-refractivity contribution in [2.24, 2.45) is 0 Å². The molecule has 0 aliphatic carbocycles. The minimum Gasteiger partial charge on any atom is -0.237 e. The topological polar surface area (TPSA) is 12.9 Å².